The molecule has 126 valence electrons. The zero-order valence-electron chi connectivity index (χ0n) is 13.1. The SMILES string of the molecule is O=Cc1c(-c2cc3ccccc3oc2=O)nc2sc(-c3cccs3)nn12. The number of rotatable bonds is 3. The highest BCUT2D eigenvalue weighted by Crippen LogP contribution is 2.32. The third kappa shape index (κ3) is 2.23. The molecule has 0 saturated carbocycles. The molecule has 8 heteroatoms. The van der Waals surface area contributed by atoms with Gasteiger partial charge in [0, 0.05) is 5.39 Å². The van der Waals surface area contributed by atoms with Gasteiger partial charge in [-0.2, -0.15) is 9.61 Å². The molecule has 0 amide bonds. The topological polar surface area (TPSA) is 77.5 Å². The molecule has 0 N–H and O–H groups in total. The molecule has 6 nitrogen and oxygen atoms in total. The summed E-state index contributed by atoms with van der Waals surface area (Å²) >= 11 is 2.94. The van der Waals surface area contributed by atoms with Crippen LogP contribution in [0.2, 0.25) is 0 Å². The monoisotopic (exact) mass is 379 g/mol. The Morgan fingerprint density at radius 3 is 2.85 bits per heavy atom. The maximum Gasteiger partial charge on any atom is 0.345 e. The Morgan fingerprint density at radius 2 is 2.04 bits per heavy atom. The van der Waals surface area contributed by atoms with Crippen molar-refractivity contribution in [2.45, 2.75) is 0 Å². The molecule has 0 atom stereocenters. The van der Waals surface area contributed by atoms with E-state index in [0.717, 1.165) is 15.3 Å². The first kappa shape index (κ1) is 15.2. The highest BCUT2D eigenvalue weighted by Gasteiger charge is 2.21. The Bertz CT molecular complexity index is 1330. The number of para-hydroxylation sites is 1. The summed E-state index contributed by atoms with van der Waals surface area (Å²) in [6.45, 7) is 0. The molecule has 4 heterocycles. The maximum absolute atomic E-state index is 12.4. The van der Waals surface area contributed by atoms with E-state index in [0.29, 0.717) is 16.8 Å². The summed E-state index contributed by atoms with van der Waals surface area (Å²) in [5.41, 5.74) is 0.739. The first-order chi connectivity index (χ1) is 12.7. The normalized spacial score (nSPS) is 11.4. The second-order valence-corrected chi connectivity index (χ2v) is 7.43. The number of aromatic nitrogens is 3. The molecule has 0 radical (unpaired) electrons. The molecule has 0 unspecified atom stereocenters. The van der Waals surface area contributed by atoms with Crippen molar-refractivity contribution in [3.63, 3.8) is 0 Å². The smallest absolute Gasteiger partial charge is 0.345 e. The van der Waals surface area contributed by atoms with Gasteiger partial charge in [0.2, 0.25) is 4.96 Å². The number of carbonyl (C=O) groups excluding carboxylic acids is 1. The lowest BCUT2D eigenvalue weighted by atomic mass is 10.1. The van der Waals surface area contributed by atoms with Crippen LogP contribution in [0.5, 0.6) is 0 Å². The van der Waals surface area contributed by atoms with Gasteiger partial charge in [0.05, 0.1) is 10.4 Å². The van der Waals surface area contributed by atoms with Crippen molar-refractivity contribution in [3.8, 4) is 21.1 Å². The van der Waals surface area contributed by atoms with E-state index in [1.807, 2.05) is 29.6 Å². The van der Waals surface area contributed by atoms with Crippen molar-refractivity contribution >= 4 is 44.9 Å². The Kier molecular flexibility index (Phi) is 3.34. The van der Waals surface area contributed by atoms with Gasteiger partial charge in [0.1, 0.15) is 17.0 Å². The molecule has 4 aromatic heterocycles. The van der Waals surface area contributed by atoms with Crippen LogP contribution in [-0.4, -0.2) is 20.9 Å². The minimum atomic E-state index is -0.531. The van der Waals surface area contributed by atoms with Crippen molar-refractivity contribution in [1.29, 1.82) is 0 Å². The second kappa shape index (κ2) is 5.72. The van der Waals surface area contributed by atoms with Gasteiger partial charge in [-0.3, -0.25) is 4.79 Å². The largest absolute Gasteiger partial charge is 0.422 e. The Labute approximate surface area is 154 Å². The van der Waals surface area contributed by atoms with Crippen molar-refractivity contribution in [1.82, 2.24) is 14.6 Å². The lowest BCUT2D eigenvalue weighted by Gasteiger charge is -2.00. The summed E-state index contributed by atoms with van der Waals surface area (Å²) in [5.74, 6) is 0. The molecule has 0 aliphatic rings. The molecule has 0 aliphatic carbocycles. The Balaban J connectivity index is 1.74. The van der Waals surface area contributed by atoms with Crippen LogP contribution in [0.25, 0.3) is 37.1 Å². The summed E-state index contributed by atoms with van der Waals surface area (Å²) in [6, 6.07) is 12.8. The van der Waals surface area contributed by atoms with E-state index in [1.54, 1.807) is 29.5 Å². The molecule has 0 aliphatic heterocycles. The highest BCUT2D eigenvalue weighted by molar-refractivity contribution is 7.23. The van der Waals surface area contributed by atoms with Crippen molar-refractivity contribution in [2.24, 2.45) is 0 Å². The molecule has 5 aromatic rings. The molecular weight excluding hydrogens is 370 g/mol. The number of fused-ring (bicyclic) bond motifs is 2. The van der Waals surface area contributed by atoms with Gasteiger partial charge < -0.3 is 4.42 Å². The van der Waals surface area contributed by atoms with Crippen molar-refractivity contribution in [3.05, 3.63) is 64.0 Å². The van der Waals surface area contributed by atoms with Gasteiger partial charge in [-0.1, -0.05) is 35.6 Å². The van der Waals surface area contributed by atoms with Crippen LogP contribution < -0.4 is 5.63 Å². The molecule has 0 spiro atoms. The standard InChI is InChI=1S/C18H9N3O3S2/c22-9-12-15(11-8-10-4-1-2-5-13(10)24-17(11)23)19-18-21(12)20-16(26-18)14-6-3-7-25-14/h1-9H. The first-order valence-electron chi connectivity index (χ1n) is 7.66. The highest BCUT2D eigenvalue weighted by atomic mass is 32.1. The van der Waals surface area contributed by atoms with Gasteiger partial charge in [-0.15, -0.1) is 11.3 Å². The Morgan fingerprint density at radius 1 is 1.15 bits per heavy atom. The van der Waals surface area contributed by atoms with E-state index in [4.69, 9.17) is 4.42 Å². The van der Waals surface area contributed by atoms with Crippen LogP contribution in [0.1, 0.15) is 10.5 Å². The van der Waals surface area contributed by atoms with E-state index in [-0.39, 0.29) is 17.0 Å². The average Bonchev–Trinajstić information content (AvgIpc) is 3.36. The predicted octanol–water partition coefficient (Wildman–Crippen LogP) is 4.11. The van der Waals surface area contributed by atoms with Crippen molar-refractivity contribution in [2.75, 3.05) is 0 Å². The lowest BCUT2D eigenvalue weighted by molar-refractivity contribution is 0.111. The van der Waals surface area contributed by atoms with Crippen LogP contribution >= 0.6 is 22.7 Å². The van der Waals surface area contributed by atoms with E-state index < -0.39 is 5.63 Å². The maximum atomic E-state index is 12.4. The van der Waals surface area contributed by atoms with Crippen LogP contribution in [-0.2, 0) is 0 Å². The zero-order chi connectivity index (χ0) is 17.7. The van der Waals surface area contributed by atoms with Crippen LogP contribution in [0.4, 0.5) is 0 Å². The van der Waals surface area contributed by atoms with Crippen LogP contribution in [0.3, 0.4) is 0 Å². The first-order valence-corrected chi connectivity index (χ1v) is 9.36. The summed E-state index contributed by atoms with van der Waals surface area (Å²) < 4.78 is 6.85. The summed E-state index contributed by atoms with van der Waals surface area (Å²) in [4.78, 5) is 30.2. The molecular formula is C18H9N3O3S2. The molecule has 0 fully saturated rings. The van der Waals surface area contributed by atoms with Gasteiger partial charge in [0.25, 0.3) is 0 Å². The predicted molar refractivity (Wildman–Crippen MR) is 101 cm³/mol. The number of aldehydes is 1. The quantitative estimate of drug-likeness (QED) is 0.348. The number of hydrogen-bond donors (Lipinski definition) is 0. The van der Waals surface area contributed by atoms with E-state index in [1.165, 1.54) is 15.9 Å². The lowest BCUT2D eigenvalue weighted by Crippen LogP contribution is -2.05. The number of thiophene rings is 1. The van der Waals surface area contributed by atoms with Gasteiger partial charge in [-0.25, -0.2) is 9.78 Å². The number of hydrogen-bond acceptors (Lipinski definition) is 7. The Hall–Kier alpha value is -3.10. The molecule has 5 rings (SSSR count). The molecule has 0 bridgehead atoms. The molecule has 26 heavy (non-hydrogen) atoms. The van der Waals surface area contributed by atoms with E-state index in [9.17, 15) is 9.59 Å². The minimum Gasteiger partial charge on any atom is -0.422 e. The van der Waals surface area contributed by atoms with Crippen molar-refractivity contribution < 1.29 is 9.21 Å². The van der Waals surface area contributed by atoms with Gasteiger partial charge in [-0.05, 0) is 23.6 Å². The molecule has 1 aromatic carbocycles. The fraction of sp³-hybridized carbons (Fsp3) is 0. The summed E-state index contributed by atoms with van der Waals surface area (Å²) in [7, 11) is 0. The van der Waals surface area contributed by atoms with Crippen LogP contribution in [0.15, 0.2) is 57.1 Å². The summed E-state index contributed by atoms with van der Waals surface area (Å²) in [5, 5.41) is 7.99. The van der Waals surface area contributed by atoms with Gasteiger partial charge >= 0.3 is 5.63 Å². The fourth-order valence-corrected chi connectivity index (χ4v) is 4.49. The third-order valence-corrected chi connectivity index (χ3v) is 5.93. The zero-order valence-corrected chi connectivity index (χ0v) is 14.7. The average molecular weight is 379 g/mol. The number of nitrogens with zero attached hydrogens (tertiary/aromatic N) is 3. The van der Waals surface area contributed by atoms with Crippen LogP contribution in [0, 0.1) is 0 Å². The summed E-state index contributed by atoms with van der Waals surface area (Å²) in [6.07, 6.45) is 0.669. The second-order valence-electron chi connectivity index (χ2n) is 5.53. The van der Waals surface area contributed by atoms with E-state index >= 15 is 0 Å². The number of carbonyl (C=O) groups is 1. The minimum absolute atomic E-state index is 0.238. The fourth-order valence-electron chi connectivity index (χ4n) is 2.79. The van der Waals surface area contributed by atoms with Gasteiger partial charge in [0.15, 0.2) is 11.3 Å². The number of benzene rings is 1. The number of imidazole rings is 1. The molecule has 0 saturated heterocycles. The van der Waals surface area contributed by atoms with E-state index in [2.05, 4.69) is 10.1 Å². The third-order valence-electron chi connectivity index (χ3n) is 3.98.